The molecule has 2 bridgehead atoms. The summed E-state index contributed by atoms with van der Waals surface area (Å²) >= 11 is 0. The Morgan fingerprint density at radius 2 is 2.30 bits per heavy atom. The monoisotopic (exact) mass is 140 g/mol. The average Bonchev–Trinajstić information content (AvgIpc) is 2.46. The Labute approximate surface area is 60.2 Å². The molecule has 1 N–H and O–H groups in total. The molecule has 2 rings (SSSR count). The highest BCUT2D eigenvalue weighted by Crippen LogP contribution is 2.45. The molecule has 2 saturated carbocycles. The van der Waals surface area contributed by atoms with Gasteiger partial charge in [0.2, 0.25) is 0 Å². The third-order valence-electron chi connectivity index (χ3n) is 2.98. The Kier molecular flexibility index (Phi) is 1.31. The highest BCUT2D eigenvalue weighted by molar-refractivity contribution is 5.87. The molecule has 0 spiro atoms. The molecule has 0 amide bonds. The quantitative estimate of drug-likeness (QED) is 0.579. The Morgan fingerprint density at radius 1 is 1.50 bits per heavy atom. The van der Waals surface area contributed by atoms with Crippen LogP contribution in [0.5, 0.6) is 0 Å². The Hall–Kier alpha value is -0.370. The van der Waals surface area contributed by atoms with Crippen LogP contribution in [0.2, 0.25) is 0 Å². The van der Waals surface area contributed by atoms with Crippen LogP contribution in [0.25, 0.3) is 0 Å². The summed E-state index contributed by atoms with van der Waals surface area (Å²) in [6.07, 6.45) is 3.08. The molecule has 2 aliphatic carbocycles. The number of rotatable bonds is 1. The number of ketones is 1. The van der Waals surface area contributed by atoms with Gasteiger partial charge in [-0.3, -0.25) is 4.79 Å². The predicted molar refractivity (Wildman–Crippen MR) is 36.4 cm³/mol. The standard InChI is InChI=1S/C8H12O2/c9-4-6-3-5-1-2-7(6)8(5)10/h5-7,9H,1-4H2. The fourth-order valence-electron chi connectivity index (χ4n) is 2.40. The molecule has 0 aromatic carbocycles. The number of carbonyl (C=O) groups is 1. The summed E-state index contributed by atoms with van der Waals surface area (Å²) in [5, 5.41) is 8.85. The summed E-state index contributed by atoms with van der Waals surface area (Å²) in [5.74, 6) is 1.29. The van der Waals surface area contributed by atoms with Gasteiger partial charge in [0.1, 0.15) is 5.78 Å². The van der Waals surface area contributed by atoms with Gasteiger partial charge in [-0.25, -0.2) is 0 Å². The van der Waals surface area contributed by atoms with E-state index in [0.29, 0.717) is 17.6 Å². The molecular formula is C8H12O2. The second-order valence-electron chi connectivity index (χ2n) is 3.46. The van der Waals surface area contributed by atoms with Crippen LogP contribution in [0, 0.1) is 17.8 Å². The molecular weight excluding hydrogens is 128 g/mol. The van der Waals surface area contributed by atoms with Gasteiger partial charge in [0.15, 0.2) is 0 Å². The van der Waals surface area contributed by atoms with E-state index in [4.69, 9.17) is 5.11 Å². The molecule has 2 nitrogen and oxygen atoms in total. The van der Waals surface area contributed by atoms with Crippen molar-refractivity contribution in [3.8, 4) is 0 Å². The molecule has 2 fully saturated rings. The SMILES string of the molecule is O=C1C2CCC1C(CO)C2. The van der Waals surface area contributed by atoms with Crippen molar-refractivity contribution in [3.05, 3.63) is 0 Å². The first kappa shape index (κ1) is 6.35. The zero-order valence-corrected chi connectivity index (χ0v) is 5.92. The number of carbonyl (C=O) groups excluding carboxylic acids is 1. The summed E-state index contributed by atoms with van der Waals surface area (Å²) < 4.78 is 0. The van der Waals surface area contributed by atoms with Crippen molar-refractivity contribution >= 4 is 5.78 Å². The van der Waals surface area contributed by atoms with Gasteiger partial charge in [0, 0.05) is 18.4 Å². The lowest BCUT2D eigenvalue weighted by molar-refractivity contribution is -0.121. The second kappa shape index (κ2) is 2.06. The molecule has 2 aliphatic rings. The zero-order valence-electron chi connectivity index (χ0n) is 5.92. The number of aliphatic hydroxyl groups excluding tert-OH is 1. The number of Topliss-reactive ketones (excluding diaryl/α,β-unsaturated/α-hetero) is 1. The van der Waals surface area contributed by atoms with E-state index in [9.17, 15) is 4.79 Å². The summed E-state index contributed by atoms with van der Waals surface area (Å²) in [7, 11) is 0. The molecule has 0 saturated heterocycles. The largest absolute Gasteiger partial charge is 0.396 e. The van der Waals surface area contributed by atoms with Crippen molar-refractivity contribution in [2.45, 2.75) is 19.3 Å². The first-order valence-corrected chi connectivity index (χ1v) is 3.97. The molecule has 0 aliphatic heterocycles. The molecule has 0 aromatic heterocycles. The summed E-state index contributed by atoms with van der Waals surface area (Å²) in [5.41, 5.74) is 0. The maximum atomic E-state index is 11.2. The molecule has 56 valence electrons. The smallest absolute Gasteiger partial charge is 0.139 e. The van der Waals surface area contributed by atoms with Crippen LogP contribution in [0.15, 0.2) is 0 Å². The molecule has 3 unspecified atom stereocenters. The molecule has 3 atom stereocenters. The van der Waals surface area contributed by atoms with Crippen LogP contribution in [-0.4, -0.2) is 17.5 Å². The van der Waals surface area contributed by atoms with Gasteiger partial charge >= 0.3 is 0 Å². The van der Waals surface area contributed by atoms with Crippen molar-refractivity contribution < 1.29 is 9.90 Å². The van der Waals surface area contributed by atoms with Crippen LogP contribution in [0.3, 0.4) is 0 Å². The van der Waals surface area contributed by atoms with Crippen molar-refractivity contribution in [2.24, 2.45) is 17.8 Å². The van der Waals surface area contributed by atoms with E-state index in [1.165, 1.54) is 0 Å². The Bertz CT molecular complexity index is 165. The zero-order chi connectivity index (χ0) is 7.14. The minimum Gasteiger partial charge on any atom is -0.396 e. The second-order valence-corrected chi connectivity index (χ2v) is 3.46. The van der Waals surface area contributed by atoms with E-state index in [1.54, 1.807) is 0 Å². The lowest BCUT2D eigenvalue weighted by atomic mass is 9.90. The lowest BCUT2D eigenvalue weighted by Gasteiger charge is -2.16. The van der Waals surface area contributed by atoms with Gasteiger partial charge in [0.05, 0.1) is 0 Å². The first-order chi connectivity index (χ1) is 4.83. The minimum absolute atomic E-state index is 0.215. The van der Waals surface area contributed by atoms with E-state index in [0.717, 1.165) is 19.3 Å². The summed E-state index contributed by atoms with van der Waals surface area (Å²) in [6, 6.07) is 0. The maximum absolute atomic E-state index is 11.2. The van der Waals surface area contributed by atoms with E-state index in [1.807, 2.05) is 0 Å². The summed E-state index contributed by atoms with van der Waals surface area (Å²) in [6.45, 7) is 0.215. The predicted octanol–water partition coefficient (Wildman–Crippen LogP) is 0.594. The van der Waals surface area contributed by atoms with E-state index in [-0.39, 0.29) is 12.5 Å². The third-order valence-corrected chi connectivity index (χ3v) is 2.98. The molecule has 0 aromatic rings. The highest BCUT2D eigenvalue weighted by Gasteiger charge is 2.46. The van der Waals surface area contributed by atoms with Gasteiger partial charge in [-0.2, -0.15) is 0 Å². The van der Waals surface area contributed by atoms with Crippen molar-refractivity contribution in [1.29, 1.82) is 0 Å². The minimum atomic E-state index is 0.215. The molecule has 2 heteroatoms. The average molecular weight is 140 g/mol. The van der Waals surface area contributed by atoms with Gasteiger partial charge < -0.3 is 5.11 Å². The normalized spacial score (nSPS) is 44.9. The molecule has 10 heavy (non-hydrogen) atoms. The van der Waals surface area contributed by atoms with Gasteiger partial charge in [0.25, 0.3) is 0 Å². The third kappa shape index (κ3) is 0.655. The van der Waals surface area contributed by atoms with Crippen molar-refractivity contribution in [1.82, 2.24) is 0 Å². The van der Waals surface area contributed by atoms with E-state index in [2.05, 4.69) is 0 Å². The molecule has 0 radical (unpaired) electrons. The number of hydrogen-bond acceptors (Lipinski definition) is 2. The molecule has 0 heterocycles. The highest BCUT2D eigenvalue weighted by atomic mass is 16.3. The number of hydrogen-bond donors (Lipinski definition) is 1. The fraction of sp³-hybridized carbons (Fsp3) is 0.875. The van der Waals surface area contributed by atoms with Gasteiger partial charge in [-0.15, -0.1) is 0 Å². The van der Waals surface area contributed by atoms with Crippen LogP contribution in [-0.2, 0) is 4.79 Å². The topological polar surface area (TPSA) is 37.3 Å². The Balaban J connectivity index is 2.16. The summed E-state index contributed by atoms with van der Waals surface area (Å²) in [4.78, 5) is 11.2. The maximum Gasteiger partial charge on any atom is 0.139 e. The van der Waals surface area contributed by atoms with Crippen LogP contribution in [0.1, 0.15) is 19.3 Å². The van der Waals surface area contributed by atoms with Gasteiger partial charge in [-0.1, -0.05) is 0 Å². The first-order valence-electron chi connectivity index (χ1n) is 3.97. The number of aliphatic hydroxyl groups is 1. The fourth-order valence-corrected chi connectivity index (χ4v) is 2.40. The van der Waals surface area contributed by atoms with Gasteiger partial charge in [-0.05, 0) is 25.2 Å². The van der Waals surface area contributed by atoms with Crippen LogP contribution < -0.4 is 0 Å². The lowest BCUT2D eigenvalue weighted by Crippen LogP contribution is -2.15. The van der Waals surface area contributed by atoms with Crippen molar-refractivity contribution in [2.75, 3.05) is 6.61 Å². The van der Waals surface area contributed by atoms with Crippen molar-refractivity contribution in [3.63, 3.8) is 0 Å². The van der Waals surface area contributed by atoms with Crippen LogP contribution in [0.4, 0.5) is 0 Å². The Morgan fingerprint density at radius 3 is 2.60 bits per heavy atom. The van der Waals surface area contributed by atoms with E-state index < -0.39 is 0 Å². The van der Waals surface area contributed by atoms with E-state index >= 15 is 0 Å². The number of fused-ring (bicyclic) bond motifs is 2. The van der Waals surface area contributed by atoms with Crippen LogP contribution >= 0.6 is 0 Å².